The summed E-state index contributed by atoms with van der Waals surface area (Å²) in [6.07, 6.45) is 5.59. The minimum absolute atomic E-state index is 0.161. The summed E-state index contributed by atoms with van der Waals surface area (Å²) in [5.41, 5.74) is 3.74. The highest BCUT2D eigenvalue weighted by Gasteiger charge is 2.36. The molecule has 3 aliphatic rings. The predicted molar refractivity (Wildman–Crippen MR) is 95.7 cm³/mol. The zero-order chi connectivity index (χ0) is 17.4. The number of carboxylic acids is 1. The molecule has 0 aromatic heterocycles. The minimum Gasteiger partial charge on any atom is -0.481 e. The van der Waals surface area contributed by atoms with Gasteiger partial charge in [0.15, 0.2) is 0 Å². The van der Waals surface area contributed by atoms with E-state index in [4.69, 9.17) is 5.11 Å². The number of likely N-dealkylation sites (tertiary alicyclic amines) is 1. The SMILES string of the molecule is O=C(O)C1CCN(CCc2ccc3c(c2)CCN3C(=O)C2CC2)CC1. The van der Waals surface area contributed by atoms with Crippen molar-refractivity contribution in [2.75, 3.05) is 31.1 Å². The molecule has 5 heteroatoms. The first-order valence-corrected chi connectivity index (χ1v) is 9.50. The quantitative estimate of drug-likeness (QED) is 0.892. The number of benzene rings is 1. The van der Waals surface area contributed by atoms with Crippen LogP contribution >= 0.6 is 0 Å². The van der Waals surface area contributed by atoms with Crippen LogP contribution in [0.1, 0.15) is 36.8 Å². The molecule has 2 fully saturated rings. The highest BCUT2D eigenvalue weighted by molar-refractivity contribution is 5.98. The van der Waals surface area contributed by atoms with Gasteiger partial charge in [0.2, 0.25) is 5.91 Å². The van der Waals surface area contributed by atoms with Crippen LogP contribution in [0.4, 0.5) is 5.69 Å². The second-order valence-corrected chi connectivity index (χ2v) is 7.68. The van der Waals surface area contributed by atoms with Crippen LogP contribution in [-0.2, 0) is 22.4 Å². The highest BCUT2D eigenvalue weighted by Crippen LogP contribution is 2.36. The molecule has 0 radical (unpaired) electrons. The summed E-state index contributed by atoms with van der Waals surface area (Å²) in [6, 6.07) is 6.54. The molecule has 2 aliphatic heterocycles. The molecule has 0 unspecified atom stereocenters. The number of aliphatic carboxylic acids is 1. The molecule has 1 saturated heterocycles. The lowest BCUT2D eigenvalue weighted by Gasteiger charge is -2.30. The number of carboxylic acid groups (broad SMARTS) is 1. The molecule has 1 amide bonds. The zero-order valence-corrected chi connectivity index (χ0v) is 14.6. The number of carbonyl (C=O) groups excluding carboxylic acids is 1. The molecule has 1 aliphatic carbocycles. The fourth-order valence-corrected chi connectivity index (χ4v) is 4.08. The molecule has 1 N–H and O–H groups in total. The van der Waals surface area contributed by atoms with Gasteiger partial charge in [0, 0.05) is 24.7 Å². The van der Waals surface area contributed by atoms with Gasteiger partial charge in [-0.25, -0.2) is 0 Å². The number of fused-ring (bicyclic) bond motifs is 1. The number of anilines is 1. The van der Waals surface area contributed by atoms with Crippen LogP contribution in [-0.4, -0.2) is 48.1 Å². The Morgan fingerprint density at radius 3 is 2.48 bits per heavy atom. The van der Waals surface area contributed by atoms with Gasteiger partial charge in [0.1, 0.15) is 0 Å². The van der Waals surface area contributed by atoms with Gasteiger partial charge < -0.3 is 14.9 Å². The smallest absolute Gasteiger partial charge is 0.306 e. The fraction of sp³-hybridized carbons (Fsp3) is 0.600. The Hall–Kier alpha value is -1.88. The Kier molecular flexibility index (Phi) is 4.50. The van der Waals surface area contributed by atoms with Crippen LogP contribution in [0.5, 0.6) is 0 Å². The van der Waals surface area contributed by atoms with Crippen LogP contribution in [0, 0.1) is 11.8 Å². The number of nitrogens with zero attached hydrogens (tertiary/aromatic N) is 2. The van der Waals surface area contributed by atoms with Crippen molar-refractivity contribution in [3.63, 3.8) is 0 Å². The van der Waals surface area contributed by atoms with Crippen LogP contribution in [0.3, 0.4) is 0 Å². The van der Waals surface area contributed by atoms with Crippen LogP contribution in [0.2, 0.25) is 0 Å². The molecule has 1 aromatic carbocycles. The Labute approximate surface area is 148 Å². The van der Waals surface area contributed by atoms with Crippen LogP contribution < -0.4 is 4.90 Å². The molecule has 134 valence electrons. The van der Waals surface area contributed by atoms with Crippen molar-refractivity contribution in [1.82, 2.24) is 4.90 Å². The average Bonchev–Trinajstić information content (AvgIpc) is 3.39. The fourth-order valence-electron chi connectivity index (χ4n) is 4.08. The summed E-state index contributed by atoms with van der Waals surface area (Å²) in [5, 5.41) is 9.07. The summed E-state index contributed by atoms with van der Waals surface area (Å²) in [4.78, 5) is 27.7. The summed E-state index contributed by atoms with van der Waals surface area (Å²) in [5.74, 6) is -0.220. The molecule has 1 saturated carbocycles. The van der Waals surface area contributed by atoms with Crippen molar-refractivity contribution in [3.05, 3.63) is 29.3 Å². The lowest BCUT2D eigenvalue weighted by Crippen LogP contribution is -2.37. The van der Waals surface area contributed by atoms with E-state index in [0.29, 0.717) is 5.91 Å². The number of hydrogen-bond donors (Lipinski definition) is 1. The third kappa shape index (κ3) is 3.56. The Morgan fingerprint density at radius 2 is 1.80 bits per heavy atom. The lowest BCUT2D eigenvalue weighted by atomic mass is 9.96. The number of carbonyl (C=O) groups is 2. The van der Waals surface area contributed by atoms with Crippen LogP contribution in [0.15, 0.2) is 18.2 Å². The van der Waals surface area contributed by atoms with Gasteiger partial charge in [-0.1, -0.05) is 12.1 Å². The van der Waals surface area contributed by atoms with E-state index in [1.54, 1.807) is 0 Å². The van der Waals surface area contributed by atoms with Crippen molar-refractivity contribution in [2.24, 2.45) is 11.8 Å². The molecule has 4 rings (SSSR count). The Bertz CT molecular complexity index is 676. The van der Waals surface area contributed by atoms with Crippen molar-refractivity contribution < 1.29 is 14.7 Å². The van der Waals surface area contributed by atoms with E-state index in [2.05, 4.69) is 23.1 Å². The summed E-state index contributed by atoms with van der Waals surface area (Å²) < 4.78 is 0. The van der Waals surface area contributed by atoms with E-state index in [1.165, 1.54) is 11.1 Å². The van der Waals surface area contributed by atoms with Gasteiger partial charge in [0.25, 0.3) is 0 Å². The molecule has 1 aromatic rings. The second-order valence-electron chi connectivity index (χ2n) is 7.68. The first-order valence-electron chi connectivity index (χ1n) is 9.50. The first kappa shape index (κ1) is 16.6. The predicted octanol–water partition coefficient (Wildman–Crippen LogP) is 2.32. The van der Waals surface area contributed by atoms with Gasteiger partial charge in [-0.3, -0.25) is 9.59 Å². The maximum atomic E-state index is 12.3. The van der Waals surface area contributed by atoms with E-state index in [1.807, 2.05) is 4.90 Å². The van der Waals surface area contributed by atoms with E-state index >= 15 is 0 Å². The molecule has 0 spiro atoms. The van der Waals surface area contributed by atoms with Gasteiger partial charge in [-0.15, -0.1) is 0 Å². The maximum Gasteiger partial charge on any atom is 0.306 e. The van der Waals surface area contributed by atoms with E-state index in [-0.39, 0.29) is 11.8 Å². The monoisotopic (exact) mass is 342 g/mol. The third-order valence-corrected chi connectivity index (χ3v) is 5.89. The van der Waals surface area contributed by atoms with Crippen molar-refractivity contribution in [2.45, 2.75) is 38.5 Å². The largest absolute Gasteiger partial charge is 0.481 e. The van der Waals surface area contributed by atoms with E-state index < -0.39 is 5.97 Å². The summed E-state index contributed by atoms with van der Waals surface area (Å²) >= 11 is 0. The van der Waals surface area contributed by atoms with Crippen LogP contribution in [0.25, 0.3) is 0 Å². The van der Waals surface area contributed by atoms with Crippen molar-refractivity contribution in [1.29, 1.82) is 0 Å². The first-order chi connectivity index (χ1) is 12.1. The molecular formula is C20H26N2O3. The zero-order valence-electron chi connectivity index (χ0n) is 14.6. The molecule has 0 bridgehead atoms. The lowest BCUT2D eigenvalue weighted by molar-refractivity contribution is -0.143. The van der Waals surface area contributed by atoms with Gasteiger partial charge in [-0.2, -0.15) is 0 Å². The molecule has 2 heterocycles. The van der Waals surface area contributed by atoms with Gasteiger partial charge in [-0.05, 0) is 68.8 Å². The summed E-state index contributed by atoms with van der Waals surface area (Å²) in [6.45, 7) is 3.57. The standard InChI is InChI=1S/C20H26N2O3/c23-19(15-2-3-15)22-12-8-17-13-14(1-4-18(17)22)5-9-21-10-6-16(7-11-21)20(24)25/h1,4,13,15-16H,2-3,5-12H2,(H,24,25). The average molecular weight is 342 g/mol. The summed E-state index contributed by atoms with van der Waals surface area (Å²) in [7, 11) is 0. The number of piperidine rings is 1. The molecule has 0 atom stereocenters. The van der Waals surface area contributed by atoms with Crippen molar-refractivity contribution >= 4 is 17.6 Å². The van der Waals surface area contributed by atoms with Gasteiger partial charge >= 0.3 is 5.97 Å². The molecule has 5 nitrogen and oxygen atoms in total. The van der Waals surface area contributed by atoms with Crippen molar-refractivity contribution in [3.8, 4) is 0 Å². The molecule has 25 heavy (non-hydrogen) atoms. The number of hydrogen-bond acceptors (Lipinski definition) is 3. The van der Waals surface area contributed by atoms with Gasteiger partial charge in [0.05, 0.1) is 5.92 Å². The molecular weight excluding hydrogens is 316 g/mol. The highest BCUT2D eigenvalue weighted by atomic mass is 16.4. The normalized spacial score (nSPS) is 21.4. The number of rotatable bonds is 5. The Morgan fingerprint density at radius 1 is 1.04 bits per heavy atom. The van der Waals surface area contributed by atoms with E-state index in [0.717, 1.165) is 70.4 Å². The van der Waals surface area contributed by atoms with E-state index in [9.17, 15) is 9.59 Å². The second kappa shape index (κ2) is 6.79. The number of amides is 1. The minimum atomic E-state index is -0.649. The Balaban J connectivity index is 1.32. The third-order valence-electron chi connectivity index (χ3n) is 5.89. The maximum absolute atomic E-state index is 12.3. The topological polar surface area (TPSA) is 60.9 Å².